The summed E-state index contributed by atoms with van der Waals surface area (Å²) in [5.74, 6) is 0.227. The van der Waals surface area contributed by atoms with Crippen LogP contribution in [0.5, 0.6) is 0 Å². The summed E-state index contributed by atoms with van der Waals surface area (Å²) in [6, 6.07) is -0.845. The summed E-state index contributed by atoms with van der Waals surface area (Å²) >= 11 is 0. The Hall–Kier alpha value is -3.51. The minimum absolute atomic E-state index is 0.0103. The lowest BCUT2D eigenvalue weighted by molar-refractivity contribution is 0.0301. The zero-order chi connectivity index (χ0) is 25.7. The predicted molar refractivity (Wildman–Crippen MR) is 125 cm³/mol. The van der Waals surface area contributed by atoms with Crippen LogP contribution in [0.4, 0.5) is 20.2 Å². The van der Waals surface area contributed by atoms with Crippen LogP contribution in [0.2, 0.25) is 0 Å². The van der Waals surface area contributed by atoms with E-state index in [1.807, 2.05) is 0 Å². The number of hydrogen-bond acceptors (Lipinski definition) is 7. The molecule has 2 rings (SSSR count). The summed E-state index contributed by atoms with van der Waals surface area (Å²) in [4.78, 5) is 41.5. The largest absolute Gasteiger partial charge is 0.465 e. The molecule has 1 unspecified atom stereocenters. The van der Waals surface area contributed by atoms with Gasteiger partial charge in [0.15, 0.2) is 0 Å². The molecule has 5 N–H and O–H groups in total. The van der Waals surface area contributed by atoms with Crippen LogP contribution in [0.3, 0.4) is 0 Å². The minimum atomic E-state index is -1.21. The van der Waals surface area contributed by atoms with E-state index in [-0.39, 0.29) is 13.0 Å². The number of nitrogens with zero attached hydrogens (tertiary/aromatic N) is 4. The molecule has 13 heteroatoms. The lowest BCUT2D eigenvalue weighted by Crippen LogP contribution is -2.48. The summed E-state index contributed by atoms with van der Waals surface area (Å²) in [6.07, 6.45) is -0.483. The zero-order valence-electron chi connectivity index (χ0n) is 20.5. The minimum Gasteiger partial charge on any atom is -0.465 e. The molecule has 0 bridgehead atoms. The number of carbonyl (C=O) groups excluding carboxylic acids is 2. The maximum Gasteiger partial charge on any atom is 0.437 e. The van der Waals surface area contributed by atoms with Gasteiger partial charge in [-0.1, -0.05) is 0 Å². The molecule has 2 heterocycles. The number of ether oxygens (including phenoxy) is 2. The first-order valence-electron chi connectivity index (χ1n) is 11.0. The van der Waals surface area contributed by atoms with Gasteiger partial charge >= 0.3 is 18.3 Å². The maximum atomic E-state index is 13.3. The fourth-order valence-electron chi connectivity index (χ4n) is 3.31. The summed E-state index contributed by atoms with van der Waals surface area (Å²) in [5, 5.41) is 18.9. The molecule has 190 valence electrons. The first kappa shape index (κ1) is 26.7. The standard InChI is InChI=1S/C21H35N7O6/c1-20(2,3)33-18(31)26-16(22)28(19(32)34-21(4,5)6)14(8-10-24-17(29)30)13-12-25-27-11-7-9-23-15(13)27/h12,14,23-24H,7-11H2,1-6H3,(H,29,30)(H2,22,26,31). The lowest BCUT2D eigenvalue weighted by Gasteiger charge is -2.33. The quantitative estimate of drug-likeness (QED) is 0.364. The van der Waals surface area contributed by atoms with Gasteiger partial charge in [-0.3, -0.25) is 0 Å². The highest BCUT2D eigenvalue weighted by Gasteiger charge is 2.36. The van der Waals surface area contributed by atoms with E-state index in [0.717, 1.165) is 11.3 Å². The Balaban J connectivity index is 2.52. The number of aromatic nitrogens is 2. The number of carbonyl (C=O) groups is 3. The first-order chi connectivity index (χ1) is 15.7. The van der Waals surface area contributed by atoms with Gasteiger partial charge in [0.2, 0.25) is 5.96 Å². The highest BCUT2D eigenvalue weighted by atomic mass is 16.6. The molecular weight excluding hydrogens is 446 g/mol. The molecule has 0 fully saturated rings. The molecule has 1 aromatic rings. The van der Waals surface area contributed by atoms with E-state index < -0.39 is 41.5 Å². The monoisotopic (exact) mass is 481 g/mol. The van der Waals surface area contributed by atoms with Crippen molar-refractivity contribution in [3.8, 4) is 0 Å². The number of rotatable bonds is 5. The second kappa shape index (κ2) is 10.6. The Bertz CT molecular complexity index is 929. The molecule has 34 heavy (non-hydrogen) atoms. The highest BCUT2D eigenvalue weighted by Crippen LogP contribution is 2.33. The fourth-order valence-corrected chi connectivity index (χ4v) is 3.31. The number of amides is 3. The summed E-state index contributed by atoms with van der Waals surface area (Å²) in [6.45, 7) is 11.5. The number of nitrogens with one attached hydrogen (secondary N) is 2. The Morgan fingerprint density at radius 3 is 2.50 bits per heavy atom. The van der Waals surface area contributed by atoms with Crippen molar-refractivity contribution in [1.82, 2.24) is 20.0 Å². The normalized spacial score (nSPS) is 14.9. The van der Waals surface area contributed by atoms with Crippen LogP contribution in [-0.2, 0) is 16.0 Å². The number of anilines is 1. The predicted octanol–water partition coefficient (Wildman–Crippen LogP) is 2.88. The van der Waals surface area contributed by atoms with Gasteiger partial charge < -0.3 is 30.9 Å². The Labute approximate surface area is 198 Å². The second-order valence-corrected chi connectivity index (χ2v) is 9.79. The van der Waals surface area contributed by atoms with Crippen molar-refractivity contribution in [3.05, 3.63) is 11.8 Å². The fraction of sp³-hybridized carbons (Fsp3) is 0.667. The molecule has 1 aliphatic heterocycles. The Morgan fingerprint density at radius 2 is 1.91 bits per heavy atom. The summed E-state index contributed by atoms with van der Waals surface area (Å²) < 4.78 is 12.5. The number of aliphatic imine (C=N–C) groups is 1. The third-order valence-electron chi connectivity index (χ3n) is 4.51. The molecule has 1 aliphatic rings. The van der Waals surface area contributed by atoms with Gasteiger partial charge in [-0.05, 0) is 54.4 Å². The Morgan fingerprint density at radius 1 is 1.26 bits per heavy atom. The average Bonchev–Trinajstić information content (AvgIpc) is 3.07. The van der Waals surface area contributed by atoms with Crippen LogP contribution in [0, 0.1) is 0 Å². The number of guanidine groups is 1. The smallest absolute Gasteiger partial charge is 0.437 e. The van der Waals surface area contributed by atoms with Crippen LogP contribution in [0.1, 0.15) is 66.0 Å². The SMILES string of the molecule is CC(C)(C)OC(=O)N=C(N)N(C(=O)OC(C)(C)C)C(CCNC(=O)O)c1cnn2c1NCCC2. The van der Waals surface area contributed by atoms with Crippen molar-refractivity contribution in [2.24, 2.45) is 10.7 Å². The maximum absolute atomic E-state index is 13.3. The van der Waals surface area contributed by atoms with E-state index in [1.165, 1.54) is 0 Å². The number of hydrogen-bond donors (Lipinski definition) is 4. The van der Waals surface area contributed by atoms with Gasteiger partial charge in [0.25, 0.3) is 0 Å². The van der Waals surface area contributed by atoms with Crippen LogP contribution >= 0.6 is 0 Å². The van der Waals surface area contributed by atoms with Crippen LogP contribution in [-0.4, -0.2) is 68.3 Å². The lowest BCUT2D eigenvalue weighted by atomic mass is 10.0. The number of nitrogens with two attached hydrogens (primary N) is 1. The van der Waals surface area contributed by atoms with Crippen molar-refractivity contribution >= 4 is 30.1 Å². The number of carboxylic acid groups (broad SMARTS) is 1. The van der Waals surface area contributed by atoms with Crippen LogP contribution in [0.15, 0.2) is 11.2 Å². The molecule has 1 aromatic heterocycles. The molecule has 0 aliphatic carbocycles. The van der Waals surface area contributed by atoms with Gasteiger partial charge in [-0.15, -0.1) is 4.99 Å². The van der Waals surface area contributed by atoms with E-state index in [0.29, 0.717) is 24.5 Å². The molecule has 0 saturated carbocycles. The Kier molecular flexibility index (Phi) is 8.35. The van der Waals surface area contributed by atoms with E-state index >= 15 is 0 Å². The highest BCUT2D eigenvalue weighted by molar-refractivity contribution is 5.98. The summed E-state index contributed by atoms with van der Waals surface area (Å²) in [7, 11) is 0. The van der Waals surface area contributed by atoms with E-state index in [9.17, 15) is 14.4 Å². The molecule has 0 radical (unpaired) electrons. The van der Waals surface area contributed by atoms with Gasteiger partial charge in [0, 0.05) is 25.2 Å². The average molecular weight is 482 g/mol. The van der Waals surface area contributed by atoms with Crippen molar-refractivity contribution in [1.29, 1.82) is 0 Å². The van der Waals surface area contributed by atoms with E-state index in [2.05, 4.69) is 20.7 Å². The molecule has 3 amide bonds. The molecule has 0 aromatic carbocycles. The van der Waals surface area contributed by atoms with E-state index in [4.69, 9.17) is 20.3 Å². The van der Waals surface area contributed by atoms with Crippen molar-refractivity contribution in [2.75, 3.05) is 18.4 Å². The number of aryl methyl sites for hydroxylation is 1. The molecule has 13 nitrogen and oxygen atoms in total. The van der Waals surface area contributed by atoms with Crippen LogP contribution < -0.4 is 16.4 Å². The van der Waals surface area contributed by atoms with Gasteiger partial charge in [0.1, 0.15) is 17.0 Å². The van der Waals surface area contributed by atoms with E-state index in [1.54, 1.807) is 52.4 Å². The van der Waals surface area contributed by atoms with Crippen molar-refractivity contribution in [2.45, 2.75) is 78.2 Å². The second-order valence-electron chi connectivity index (χ2n) is 9.79. The molecule has 1 atom stereocenters. The van der Waals surface area contributed by atoms with Crippen molar-refractivity contribution < 1.29 is 29.0 Å². The van der Waals surface area contributed by atoms with Gasteiger partial charge in [-0.25, -0.2) is 24.0 Å². The first-order valence-corrected chi connectivity index (χ1v) is 11.0. The molecule has 0 saturated heterocycles. The molecular formula is C21H35N7O6. The third kappa shape index (κ3) is 7.81. The van der Waals surface area contributed by atoms with Gasteiger partial charge in [-0.2, -0.15) is 5.10 Å². The van der Waals surface area contributed by atoms with Crippen molar-refractivity contribution in [3.63, 3.8) is 0 Å². The number of fused-ring (bicyclic) bond motifs is 1. The molecule has 0 spiro atoms. The van der Waals surface area contributed by atoms with Crippen LogP contribution in [0.25, 0.3) is 0 Å². The zero-order valence-corrected chi connectivity index (χ0v) is 20.5. The topological polar surface area (TPSA) is 173 Å². The third-order valence-corrected chi connectivity index (χ3v) is 4.51. The van der Waals surface area contributed by atoms with Gasteiger partial charge in [0.05, 0.1) is 12.2 Å². The summed E-state index contributed by atoms with van der Waals surface area (Å²) in [5.41, 5.74) is 5.05.